The summed E-state index contributed by atoms with van der Waals surface area (Å²) in [6, 6.07) is 0. The molecule has 4 unspecified atom stereocenters. The molecule has 4 saturated carbocycles. The van der Waals surface area contributed by atoms with Gasteiger partial charge in [-0.05, 0) is 104 Å². The van der Waals surface area contributed by atoms with Crippen molar-refractivity contribution in [1.29, 1.82) is 0 Å². The van der Waals surface area contributed by atoms with Crippen LogP contribution in [-0.2, 0) is 14.6 Å². The molecule has 0 aromatic rings. The molecule has 7 heteroatoms. The van der Waals surface area contributed by atoms with Crippen LogP contribution in [0.15, 0.2) is 0 Å². The fourth-order valence-corrected chi connectivity index (χ4v) is 9.78. The second kappa shape index (κ2) is 8.78. The third-order valence-corrected chi connectivity index (χ3v) is 11.4. The molecule has 0 heterocycles. The van der Waals surface area contributed by atoms with Gasteiger partial charge < -0.3 is 10.2 Å². The first-order valence-corrected chi connectivity index (χ1v) is 14.3. The van der Waals surface area contributed by atoms with Crippen molar-refractivity contribution in [2.24, 2.45) is 52.3 Å². The van der Waals surface area contributed by atoms with Gasteiger partial charge in [0.15, 0.2) is 0 Å². The number of aliphatic hydroxyl groups excluding tert-OH is 2. The van der Waals surface area contributed by atoms with Gasteiger partial charge in [0.05, 0.1) is 18.8 Å². The number of hydrogen-bond acceptors (Lipinski definition) is 5. The van der Waals surface area contributed by atoms with Crippen LogP contribution in [-0.4, -0.2) is 42.0 Å². The lowest BCUT2D eigenvalue weighted by atomic mass is 9.41. The lowest BCUT2D eigenvalue weighted by molar-refractivity contribution is -0.203. The van der Waals surface area contributed by atoms with E-state index in [0.717, 1.165) is 51.4 Å². The highest BCUT2D eigenvalue weighted by atomic mass is 32.3. The highest BCUT2D eigenvalue weighted by Gasteiger charge is 2.64. The van der Waals surface area contributed by atoms with Crippen LogP contribution in [0.5, 0.6) is 0 Å². The average Bonchev–Trinajstić information content (AvgIpc) is 3.06. The maximum atomic E-state index is 11.7. The van der Waals surface area contributed by atoms with Crippen LogP contribution in [0.1, 0.15) is 85.5 Å². The molecule has 4 rings (SSSR count). The van der Waals surface area contributed by atoms with Gasteiger partial charge in [-0.1, -0.05) is 34.1 Å². The molecule has 32 heavy (non-hydrogen) atoms. The minimum atomic E-state index is -4.39. The molecule has 0 aromatic carbocycles. The van der Waals surface area contributed by atoms with E-state index in [2.05, 4.69) is 31.9 Å². The molecular formula is C25H44O6S. The van der Waals surface area contributed by atoms with Crippen LogP contribution >= 0.6 is 0 Å². The van der Waals surface area contributed by atoms with Crippen molar-refractivity contribution in [3.63, 3.8) is 0 Å². The number of fused-ring (bicyclic) bond motifs is 5. The minimum Gasteiger partial charge on any atom is -0.393 e. The van der Waals surface area contributed by atoms with Crippen molar-refractivity contribution in [3.8, 4) is 0 Å². The Balaban J connectivity index is 1.56. The van der Waals surface area contributed by atoms with Gasteiger partial charge in [0.25, 0.3) is 0 Å². The van der Waals surface area contributed by atoms with E-state index >= 15 is 0 Å². The SMILES string of the molecule is CC[C@H]1C(O)C2C3CC[C@H]([C@H](C)CCOS(=O)(=O)O)[C@@]3(C)CCC2[C@@]2(C)CC[C@H](O)C[C@@H]12. The Morgan fingerprint density at radius 1 is 1.00 bits per heavy atom. The fourth-order valence-electron chi connectivity index (χ4n) is 9.47. The predicted molar refractivity (Wildman–Crippen MR) is 123 cm³/mol. The van der Waals surface area contributed by atoms with Gasteiger partial charge in [0.2, 0.25) is 0 Å². The number of rotatable bonds is 6. The van der Waals surface area contributed by atoms with E-state index in [1.807, 2.05) is 0 Å². The van der Waals surface area contributed by atoms with Crippen molar-refractivity contribution in [3.05, 3.63) is 0 Å². The van der Waals surface area contributed by atoms with Crippen LogP contribution in [0.25, 0.3) is 0 Å². The Labute approximate surface area is 194 Å². The van der Waals surface area contributed by atoms with Crippen LogP contribution in [0, 0.1) is 52.3 Å². The van der Waals surface area contributed by atoms with E-state index in [1.165, 1.54) is 0 Å². The second-order valence-corrected chi connectivity index (χ2v) is 13.2. The Morgan fingerprint density at radius 2 is 1.66 bits per heavy atom. The molecule has 0 amide bonds. The third kappa shape index (κ3) is 4.08. The minimum absolute atomic E-state index is 0.0198. The van der Waals surface area contributed by atoms with Gasteiger partial charge in [0.1, 0.15) is 0 Å². The van der Waals surface area contributed by atoms with Crippen molar-refractivity contribution in [2.45, 2.75) is 97.7 Å². The summed E-state index contributed by atoms with van der Waals surface area (Å²) < 4.78 is 35.4. The largest absolute Gasteiger partial charge is 0.397 e. The van der Waals surface area contributed by atoms with Crippen LogP contribution < -0.4 is 0 Å². The number of hydrogen-bond donors (Lipinski definition) is 3. The van der Waals surface area contributed by atoms with Gasteiger partial charge in [0, 0.05) is 0 Å². The summed E-state index contributed by atoms with van der Waals surface area (Å²) in [7, 11) is -4.39. The molecular weight excluding hydrogens is 428 g/mol. The van der Waals surface area contributed by atoms with Crippen molar-refractivity contribution in [2.75, 3.05) is 6.61 Å². The van der Waals surface area contributed by atoms with Gasteiger partial charge in [-0.15, -0.1) is 0 Å². The lowest BCUT2D eigenvalue weighted by Crippen LogP contribution is -2.62. The summed E-state index contributed by atoms with van der Waals surface area (Å²) in [5.74, 6) is 2.78. The van der Waals surface area contributed by atoms with Gasteiger partial charge >= 0.3 is 10.4 Å². The first-order valence-electron chi connectivity index (χ1n) is 12.9. The molecule has 6 nitrogen and oxygen atoms in total. The first-order chi connectivity index (χ1) is 14.9. The molecule has 0 saturated heterocycles. The third-order valence-electron chi connectivity index (χ3n) is 11.0. The van der Waals surface area contributed by atoms with Gasteiger partial charge in [-0.25, -0.2) is 4.18 Å². The van der Waals surface area contributed by atoms with E-state index in [4.69, 9.17) is 4.55 Å². The second-order valence-electron chi connectivity index (χ2n) is 12.1. The molecule has 0 bridgehead atoms. The predicted octanol–water partition coefficient (Wildman–Crippen LogP) is 4.46. The molecule has 11 atom stereocenters. The molecule has 0 spiro atoms. The topological polar surface area (TPSA) is 104 Å². The molecule has 3 N–H and O–H groups in total. The molecule has 4 aliphatic rings. The summed E-state index contributed by atoms with van der Waals surface area (Å²) in [4.78, 5) is 0. The Bertz CT molecular complexity index is 785. The summed E-state index contributed by atoms with van der Waals surface area (Å²) in [6.07, 6.45) is 8.38. The Hall–Kier alpha value is -0.210. The zero-order valence-electron chi connectivity index (χ0n) is 20.2. The Morgan fingerprint density at radius 3 is 2.31 bits per heavy atom. The van der Waals surface area contributed by atoms with E-state index in [9.17, 15) is 18.6 Å². The van der Waals surface area contributed by atoms with Gasteiger partial charge in [-0.2, -0.15) is 8.42 Å². The van der Waals surface area contributed by atoms with E-state index in [1.54, 1.807) is 0 Å². The summed E-state index contributed by atoms with van der Waals surface area (Å²) in [6.45, 7) is 9.28. The summed E-state index contributed by atoms with van der Waals surface area (Å²) in [5, 5.41) is 22.1. The van der Waals surface area contributed by atoms with E-state index < -0.39 is 10.4 Å². The smallest absolute Gasteiger partial charge is 0.393 e. The molecule has 0 aliphatic heterocycles. The highest BCUT2D eigenvalue weighted by molar-refractivity contribution is 7.80. The first kappa shape index (κ1) is 24.9. The van der Waals surface area contributed by atoms with Crippen molar-refractivity contribution in [1.82, 2.24) is 0 Å². The van der Waals surface area contributed by atoms with E-state index in [0.29, 0.717) is 41.9 Å². The molecule has 4 aliphatic carbocycles. The normalized spacial score (nSPS) is 49.7. The van der Waals surface area contributed by atoms with Crippen molar-refractivity contribution < 1.29 is 27.4 Å². The summed E-state index contributed by atoms with van der Waals surface area (Å²) in [5.41, 5.74) is 0.355. The quantitative estimate of drug-likeness (QED) is 0.493. The van der Waals surface area contributed by atoms with Crippen LogP contribution in [0.3, 0.4) is 0 Å². The van der Waals surface area contributed by atoms with Crippen molar-refractivity contribution >= 4 is 10.4 Å². The molecule has 0 radical (unpaired) electrons. The highest BCUT2D eigenvalue weighted by Crippen LogP contribution is 2.69. The molecule has 4 fully saturated rings. The van der Waals surface area contributed by atoms with E-state index in [-0.39, 0.29) is 35.6 Å². The van der Waals surface area contributed by atoms with Crippen LogP contribution in [0.2, 0.25) is 0 Å². The molecule has 0 aromatic heterocycles. The zero-order valence-corrected chi connectivity index (χ0v) is 21.1. The zero-order chi connectivity index (χ0) is 23.5. The maximum Gasteiger partial charge on any atom is 0.397 e. The maximum absolute atomic E-state index is 11.7. The lowest BCUT2D eigenvalue weighted by Gasteiger charge is -2.64. The Kier molecular flexibility index (Phi) is 6.83. The van der Waals surface area contributed by atoms with Gasteiger partial charge in [-0.3, -0.25) is 4.55 Å². The monoisotopic (exact) mass is 472 g/mol. The standard InChI is InChI=1S/C25H44O6S/c1-5-17-21-14-16(26)8-11-25(21,4)20-9-12-24(3)18(6-7-19(24)22(20)23(17)27)15(2)10-13-31-32(28,29)30/h15-23,26-27H,5-14H2,1-4H3,(H,28,29,30)/t15-,16+,17-,18-,19?,20?,21+,22?,23?,24-,25-/m1/s1. The summed E-state index contributed by atoms with van der Waals surface area (Å²) >= 11 is 0. The average molecular weight is 473 g/mol. The van der Waals surface area contributed by atoms with Crippen LogP contribution in [0.4, 0.5) is 0 Å². The fraction of sp³-hybridized carbons (Fsp3) is 1.00. The number of aliphatic hydroxyl groups is 2. The molecule has 186 valence electrons.